The summed E-state index contributed by atoms with van der Waals surface area (Å²) in [5.74, 6) is 0.122. The van der Waals surface area contributed by atoms with E-state index in [0.29, 0.717) is 0 Å². The van der Waals surface area contributed by atoms with Crippen molar-refractivity contribution in [3.8, 4) is 0 Å². The predicted octanol–water partition coefficient (Wildman–Crippen LogP) is 2.08. The summed E-state index contributed by atoms with van der Waals surface area (Å²) in [6.45, 7) is 3.95. The summed E-state index contributed by atoms with van der Waals surface area (Å²) in [4.78, 5) is 10.4. The lowest BCUT2D eigenvalue weighted by Crippen LogP contribution is -2.10. The van der Waals surface area contributed by atoms with Gasteiger partial charge < -0.3 is 4.79 Å². The highest BCUT2D eigenvalue weighted by atomic mass is 16.1. The molecule has 0 N–H and O–H groups in total. The van der Waals surface area contributed by atoms with Crippen molar-refractivity contribution in [2.24, 2.45) is 5.92 Å². The van der Waals surface area contributed by atoms with Crippen LogP contribution in [-0.2, 0) is 11.2 Å². The zero-order valence-electron chi connectivity index (χ0n) is 8.16. The van der Waals surface area contributed by atoms with Crippen LogP contribution in [0.3, 0.4) is 0 Å². The molecule has 75 valence electrons. The minimum atomic E-state index is 0. The molecular weight excluding hydrogens is 171 g/mol. The summed E-state index contributed by atoms with van der Waals surface area (Å²) < 4.78 is 0. The molecule has 1 aromatic carbocycles. The molecule has 0 aliphatic carbocycles. The highest BCUT2D eigenvalue weighted by molar-refractivity contribution is 6.51. The molecule has 0 heterocycles. The third-order valence-corrected chi connectivity index (χ3v) is 2.10. The molecule has 0 saturated carbocycles. The van der Waals surface area contributed by atoms with Gasteiger partial charge in [-0.15, -0.1) is 0 Å². The lowest BCUT2D eigenvalue weighted by atomic mass is 9.73. The van der Waals surface area contributed by atoms with Crippen molar-refractivity contribution < 1.29 is 4.79 Å². The Labute approximate surface area is 87.8 Å². The van der Waals surface area contributed by atoms with Crippen LogP contribution < -0.4 is 5.46 Å². The van der Waals surface area contributed by atoms with Gasteiger partial charge in [0.1, 0.15) is 13.6 Å². The molecule has 0 amide bonds. The number of aldehydes is 1. The Kier molecular flexibility index (Phi) is 5.94. The average Bonchev–Trinajstić information content (AvgIpc) is 2.19. The van der Waals surface area contributed by atoms with Crippen molar-refractivity contribution in [2.45, 2.75) is 27.6 Å². The molecular formula is C12H18BO. The standard InChI is InChI=1S/C11H14BO.CH4/c1-9(8-13)7-10-3-5-11(12-2)6-4-10;/h3-6,8-9H,7H2,1-2H3;1H4. The molecule has 0 aliphatic heterocycles. The number of hydrogen-bond acceptors (Lipinski definition) is 1. The molecule has 2 heteroatoms. The average molecular weight is 189 g/mol. The van der Waals surface area contributed by atoms with E-state index in [2.05, 4.69) is 31.5 Å². The van der Waals surface area contributed by atoms with E-state index < -0.39 is 0 Å². The van der Waals surface area contributed by atoms with E-state index in [-0.39, 0.29) is 13.3 Å². The van der Waals surface area contributed by atoms with E-state index in [4.69, 9.17) is 0 Å². The van der Waals surface area contributed by atoms with E-state index in [1.54, 1.807) is 0 Å². The van der Waals surface area contributed by atoms with E-state index >= 15 is 0 Å². The monoisotopic (exact) mass is 189 g/mol. The van der Waals surface area contributed by atoms with Gasteiger partial charge >= 0.3 is 0 Å². The summed E-state index contributed by atoms with van der Waals surface area (Å²) in [5, 5.41) is 0. The number of hydrogen-bond donors (Lipinski definition) is 0. The SMILES string of the molecule is C.C[B]c1ccc(CC(C)C=O)cc1. The Morgan fingerprint density at radius 2 is 1.93 bits per heavy atom. The van der Waals surface area contributed by atoms with Crippen LogP contribution in [0.1, 0.15) is 19.9 Å². The maximum atomic E-state index is 10.4. The van der Waals surface area contributed by atoms with Gasteiger partial charge in [0.25, 0.3) is 0 Å². The van der Waals surface area contributed by atoms with Gasteiger partial charge in [-0.05, 0) is 12.0 Å². The fourth-order valence-electron chi connectivity index (χ4n) is 1.27. The lowest BCUT2D eigenvalue weighted by molar-refractivity contribution is -0.110. The first-order chi connectivity index (χ1) is 6.26. The maximum absolute atomic E-state index is 10.4. The molecule has 1 atom stereocenters. The molecule has 1 aromatic rings. The first kappa shape index (κ1) is 13.0. The molecule has 0 aliphatic rings. The smallest absolute Gasteiger partial charge is 0.148 e. The molecule has 0 bridgehead atoms. The molecule has 1 radical (unpaired) electrons. The zero-order valence-corrected chi connectivity index (χ0v) is 8.16. The summed E-state index contributed by atoms with van der Waals surface area (Å²) in [6, 6.07) is 8.31. The van der Waals surface area contributed by atoms with Crippen molar-refractivity contribution in [1.82, 2.24) is 0 Å². The third kappa shape index (κ3) is 3.78. The zero-order chi connectivity index (χ0) is 9.68. The number of carbonyl (C=O) groups excluding carboxylic acids is 1. The van der Waals surface area contributed by atoms with Gasteiger partial charge in [-0.2, -0.15) is 0 Å². The molecule has 1 rings (SSSR count). The predicted molar refractivity (Wildman–Crippen MR) is 63.4 cm³/mol. The van der Waals surface area contributed by atoms with E-state index in [9.17, 15) is 4.79 Å². The van der Waals surface area contributed by atoms with Crippen LogP contribution in [0, 0.1) is 5.92 Å². The van der Waals surface area contributed by atoms with Gasteiger partial charge in [-0.25, -0.2) is 0 Å². The summed E-state index contributed by atoms with van der Waals surface area (Å²) >= 11 is 0. The van der Waals surface area contributed by atoms with Crippen LogP contribution >= 0.6 is 0 Å². The van der Waals surface area contributed by atoms with Crippen molar-refractivity contribution in [3.63, 3.8) is 0 Å². The topological polar surface area (TPSA) is 17.1 Å². The second-order valence-corrected chi connectivity index (χ2v) is 3.35. The molecule has 0 saturated heterocycles. The van der Waals surface area contributed by atoms with Crippen LogP contribution in [0.15, 0.2) is 24.3 Å². The second-order valence-electron chi connectivity index (χ2n) is 3.35. The molecule has 0 fully saturated rings. The highest BCUT2D eigenvalue weighted by Crippen LogP contribution is 2.04. The van der Waals surface area contributed by atoms with Crippen molar-refractivity contribution in [1.29, 1.82) is 0 Å². The Morgan fingerprint density at radius 1 is 1.36 bits per heavy atom. The quantitative estimate of drug-likeness (QED) is 0.523. The van der Waals surface area contributed by atoms with Crippen molar-refractivity contribution >= 4 is 19.0 Å². The maximum Gasteiger partial charge on any atom is 0.148 e. The Balaban J connectivity index is 0.00000169. The van der Waals surface area contributed by atoms with Gasteiger partial charge in [0, 0.05) is 5.92 Å². The van der Waals surface area contributed by atoms with Crippen LogP contribution in [0.4, 0.5) is 0 Å². The lowest BCUT2D eigenvalue weighted by Gasteiger charge is -2.04. The van der Waals surface area contributed by atoms with Crippen LogP contribution in [0.5, 0.6) is 0 Å². The first-order valence-electron chi connectivity index (χ1n) is 4.60. The summed E-state index contributed by atoms with van der Waals surface area (Å²) in [5.41, 5.74) is 2.45. The first-order valence-corrected chi connectivity index (χ1v) is 4.60. The fraction of sp³-hybridized carbons (Fsp3) is 0.417. The second kappa shape index (κ2) is 6.42. The van der Waals surface area contributed by atoms with Crippen molar-refractivity contribution in [2.75, 3.05) is 0 Å². The van der Waals surface area contributed by atoms with Gasteiger partial charge in [0.05, 0.1) is 0 Å². The van der Waals surface area contributed by atoms with Crippen LogP contribution in [-0.4, -0.2) is 13.6 Å². The molecule has 1 nitrogen and oxygen atoms in total. The molecule has 14 heavy (non-hydrogen) atoms. The summed E-state index contributed by atoms with van der Waals surface area (Å²) in [7, 11) is 2.06. The van der Waals surface area contributed by atoms with Crippen molar-refractivity contribution in [3.05, 3.63) is 29.8 Å². The van der Waals surface area contributed by atoms with Gasteiger partial charge in [0.15, 0.2) is 0 Å². The summed E-state index contributed by atoms with van der Waals surface area (Å²) in [6.07, 6.45) is 1.84. The minimum Gasteiger partial charge on any atom is -0.303 e. The van der Waals surface area contributed by atoms with Crippen LogP contribution in [0.2, 0.25) is 6.82 Å². The Bertz CT molecular complexity index is 266. The Morgan fingerprint density at radius 3 is 2.36 bits per heavy atom. The number of rotatable bonds is 4. The number of carbonyl (C=O) groups is 1. The van der Waals surface area contributed by atoms with Gasteiger partial charge in [0.2, 0.25) is 0 Å². The molecule has 1 unspecified atom stereocenters. The highest BCUT2D eigenvalue weighted by Gasteiger charge is 2.00. The van der Waals surface area contributed by atoms with E-state index in [1.165, 1.54) is 11.0 Å². The van der Waals surface area contributed by atoms with E-state index in [0.717, 1.165) is 12.7 Å². The molecule has 0 aromatic heterocycles. The van der Waals surface area contributed by atoms with E-state index in [1.807, 2.05) is 13.7 Å². The third-order valence-electron chi connectivity index (χ3n) is 2.10. The molecule has 0 spiro atoms. The van der Waals surface area contributed by atoms with Crippen LogP contribution in [0.25, 0.3) is 0 Å². The fourth-order valence-corrected chi connectivity index (χ4v) is 1.27. The normalized spacial score (nSPS) is 11.3. The Hall–Kier alpha value is -1.05. The van der Waals surface area contributed by atoms with Gasteiger partial charge in [-0.3, -0.25) is 0 Å². The van der Waals surface area contributed by atoms with Gasteiger partial charge in [-0.1, -0.05) is 50.9 Å². The number of benzene rings is 1. The largest absolute Gasteiger partial charge is 0.303 e. The minimum absolute atomic E-state index is 0.